The number of nitrogens with zero attached hydrogens (tertiary/aromatic N) is 3. The quantitative estimate of drug-likeness (QED) is 0.360. The van der Waals surface area contributed by atoms with Gasteiger partial charge in [-0.2, -0.15) is 5.10 Å². The maximum Gasteiger partial charge on any atom is 0.227 e. The molecule has 0 saturated carbocycles. The van der Waals surface area contributed by atoms with Crippen LogP contribution in [0.2, 0.25) is 0 Å². The van der Waals surface area contributed by atoms with Gasteiger partial charge >= 0.3 is 0 Å². The van der Waals surface area contributed by atoms with Crippen LogP contribution in [0, 0.1) is 5.92 Å². The largest absolute Gasteiger partial charge is 0.356 e. The lowest BCUT2D eigenvalue weighted by atomic mass is 10.1. The molecule has 0 saturated heterocycles. The van der Waals surface area contributed by atoms with Crippen molar-refractivity contribution in [3.05, 3.63) is 48.3 Å². The van der Waals surface area contributed by atoms with Gasteiger partial charge in [-0.15, -0.1) is 0 Å². The molecule has 0 fully saturated rings. The molecule has 27 heavy (non-hydrogen) atoms. The Morgan fingerprint density at radius 3 is 2.85 bits per heavy atom. The van der Waals surface area contributed by atoms with Gasteiger partial charge in [0, 0.05) is 50.7 Å². The van der Waals surface area contributed by atoms with Crippen LogP contribution in [0.25, 0.3) is 0 Å². The molecule has 0 radical (unpaired) electrons. The first-order valence-electron chi connectivity index (χ1n) is 9.44. The van der Waals surface area contributed by atoms with Crippen LogP contribution in [-0.4, -0.2) is 35.2 Å². The standard InChI is InChI=1S/C20H30N6O/c1-4-16(2)19(27)25-18-9-5-8-17(14-18)15-23-20(21-3)22-10-6-12-26-13-7-11-24-26/h5,7-9,11,13-14,16H,4,6,10,12,15H2,1-3H3,(H,25,27)(H2,21,22,23). The van der Waals surface area contributed by atoms with E-state index in [0.29, 0.717) is 6.54 Å². The van der Waals surface area contributed by atoms with Crippen molar-refractivity contribution in [3.8, 4) is 0 Å². The highest BCUT2D eigenvalue weighted by Crippen LogP contribution is 2.13. The van der Waals surface area contributed by atoms with Gasteiger partial charge in [-0.25, -0.2) is 0 Å². The number of amides is 1. The lowest BCUT2D eigenvalue weighted by Gasteiger charge is -2.13. The molecule has 7 heteroatoms. The summed E-state index contributed by atoms with van der Waals surface area (Å²) in [7, 11) is 1.76. The Hall–Kier alpha value is -2.83. The Bertz CT molecular complexity index is 726. The number of carbonyl (C=O) groups is 1. The van der Waals surface area contributed by atoms with Gasteiger partial charge in [0.2, 0.25) is 5.91 Å². The van der Waals surface area contributed by atoms with Gasteiger partial charge < -0.3 is 16.0 Å². The second-order valence-corrected chi connectivity index (χ2v) is 6.47. The number of aliphatic imine (C=N–C) groups is 1. The third-order valence-electron chi connectivity index (χ3n) is 4.35. The second kappa shape index (κ2) is 11.0. The Labute approximate surface area is 161 Å². The first-order valence-corrected chi connectivity index (χ1v) is 9.44. The predicted octanol–water partition coefficient (Wildman–Crippen LogP) is 2.62. The molecule has 0 spiro atoms. The zero-order chi connectivity index (χ0) is 19.5. The normalized spacial score (nSPS) is 12.5. The van der Waals surface area contributed by atoms with E-state index in [2.05, 4.69) is 26.0 Å². The van der Waals surface area contributed by atoms with Crippen molar-refractivity contribution >= 4 is 17.6 Å². The molecule has 1 aromatic heterocycles. The van der Waals surface area contributed by atoms with Gasteiger partial charge in [0.05, 0.1) is 0 Å². The highest BCUT2D eigenvalue weighted by Gasteiger charge is 2.10. The molecule has 2 aromatic rings. The van der Waals surface area contributed by atoms with Crippen molar-refractivity contribution in [2.75, 3.05) is 18.9 Å². The average molecular weight is 371 g/mol. The zero-order valence-electron chi connectivity index (χ0n) is 16.4. The van der Waals surface area contributed by atoms with Crippen LogP contribution in [0.5, 0.6) is 0 Å². The van der Waals surface area contributed by atoms with Gasteiger partial charge in [0.25, 0.3) is 0 Å². The van der Waals surface area contributed by atoms with Gasteiger partial charge in [0.1, 0.15) is 0 Å². The second-order valence-electron chi connectivity index (χ2n) is 6.47. The van der Waals surface area contributed by atoms with Gasteiger partial charge in [-0.3, -0.25) is 14.5 Å². The van der Waals surface area contributed by atoms with E-state index in [1.54, 1.807) is 13.2 Å². The molecule has 1 heterocycles. The number of aryl methyl sites for hydroxylation is 1. The monoisotopic (exact) mass is 370 g/mol. The van der Waals surface area contributed by atoms with Crippen molar-refractivity contribution in [2.45, 2.75) is 39.8 Å². The van der Waals surface area contributed by atoms with Crippen molar-refractivity contribution in [3.63, 3.8) is 0 Å². The summed E-state index contributed by atoms with van der Waals surface area (Å²) >= 11 is 0. The molecule has 1 aromatic carbocycles. The van der Waals surface area contributed by atoms with Crippen molar-refractivity contribution in [1.29, 1.82) is 0 Å². The number of anilines is 1. The minimum Gasteiger partial charge on any atom is -0.356 e. The van der Waals surface area contributed by atoms with Crippen LogP contribution in [0.4, 0.5) is 5.69 Å². The number of nitrogens with one attached hydrogen (secondary N) is 3. The Morgan fingerprint density at radius 1 is 1.30 bits per heavy atom. The number of hydrogen-bond acceptors (Lipinski definition) is 3. The number of benzene rings is 1. The van der Waals surface area contributed by atoms with Crippen LogP contribution >= 0.6 is 0 Å². The fourth-order valence-electron chi connectivity index (χ4n) is 2.50. The highest BCUT2D eigenvalue weighted by atomic mass is 16.1. The summed E-state index contributed by atoms with van der Waals surface area (Å²) in [5, 5.41) is 13.8. The van der Waals surface area contributed by atoms with E-state index in [1.165, 1.54) is 0 Å². The number of aromatic nitrogens is 2. The van der Waals surface area contributed by atoms with Crippen LogP contribution in [-0.2, 0) is 17.9 Å². The Balaban J connectivity index is 1.76. The van der Waals surface area contributed by atoms with Crippen LogP contribution in [0.15, 0.2) is 47.7 Å². The summed E-state index contributed by atoms with van der Waals surface area (Å²) in [6.45, 7) is 6.26. The molecular formula is C20H30N6O. The summed E-state index contributed by atoms with van der Waals surface area (Å²) in [5.74, 6) is 0.818. The molecule has 2 rings (SSSR count). The highest BCUT2D eigenvalue weighted by molar-refractivity contribution is 5.92. The third kappa shape index (κ3) is 7.13. The molecule has 1 amide bonds. The SMILES string of the molecule is CCC(C)C(=O)Nc1cccc(CNC(=NC)NCCCn2cccn2)c1. The zero-order valence-corrected chi connectivity index (χ0v) is 16.4. The molecule has 1 unspecified atom stereocenters. The molecule has 0 aliphatic rings. The molecule has 7 nitrogen and oxygen atoms in total. The number of rotatable bonds is 9. The van der Waals surface area contributed by atoms with E-state index in [1.807, 2.05) is 55.1 Å². The fraction of sp³-hybridized carbons (Fsp3) is 0.450. The maximum atomic E-state index is 12.0. The van der Waals surface area contributed by atoms with Crippen molar-refractivity contribution in [1.82, 2.24) is 20.4 Å². The van der Waals surface area contributed by atoms with Crippen LogP contribution < -0.4 is 16.0 Å². The predicted molar refractivity (Wildman–Crippen MR) is 110 cm³/mol. The molecule has 0 aliphatic heterocycles. The minimum absolute atomic E-state index is 0.0107. The lowest BCUT2D eigenvalue weighted by molar-refractivity contribution is -0.119. The van der Waals surface area contributed by atoms with Gasteiger partial charge in [0.15, 0.2) is 5.96 Å². The fourth-order valence-corrected chi connectivity index (χ4v) is 2.50. The first-order chi connectivity index (χ1) is 13.1. The first kappa shape index (κ1) is 20.5. The van der Waals surface area contributed by atoms with E-state index in [0.717, 1.165) is 43.1 Å². The summed E-state index contributed by atoms with van der Waals surface area (Å²) in [5.41, 5.74) is 1.90. The lowest BCUT2D eigenvalue weighted by Crippen LogP contribution is -2.37. The topological polar surface area (TPSA) is 83.3 Å². The number of hydrogen-bond donors (Lipinski definition) is 3. The van der Waals surface area contributed by atoms with E-state index in [9.17, 15) is 4.79 Å². The van der Waals surface area contributed by atoms with E-state index < -0.39 is 0 Å². The molecule has 146 valence electrons. The maximum absolute atomic E-state index is 12.0. The number of guanidine groups is 1. The van der Waals surface area contributed by atoms with E-state index in [4.69, 9.17) is 0 Å². The average Bonchev–Trinajstić information content (AvgIpc) is 3.20. The van der Waals surface area contributed by atoms with Crippen molar-refractivity contribution in [2.24, 2.45) is 10.9 Å². The van der Waals surface area contributed by atoms with Crippen LogP contribution in [0.1, 0.15) is 32.3 Å². The number of carbonyl (C=O) groups excluding carboxylic acids is 1. The summed E-state index contributed by atoms with van der Waals surface area (Å²) in [6.07, 6.45) is 5.53. The van der Waals surface area contributed by atoms with E-state index >= 15 is 0 Å². The minimum atomic E-state index is 0.0107. The molecule has 0 bridgehead atoms. The molecular weight excluding hydrogens is 340 g/mol. The Kier molecular flexibility index (Phi) is 8.35. The van der Waals surface area contributed by atoms with Crippen molar-refractivity contribution < 1.29 is 4.79 Å². The van der Waals surface area contributed by atoms with Gasteiger partial charge in [-0.05, 0) is 36.6 Å². The summed E-state index contributed by atoms with van der Waals surface area (Å²) < 4.78 is 1.91. The van der Waals surface area contributed by atoms with Gasteiger partial charge in [-0.1, -0.05) is 26.0 Å². The molecule has 0 aliphatic carbocycles. The summed E-state index contributed by atoms with van der Waals surface area (Å²) in [6, 6.07) is 9.79. The Morgan fingerprint density at radius 2 is 2.15 bits per heavy atom. The van der Waals surface area contributed by atoms with Crippen LogP contribution in [0.3, 0.4) is 0 Å². The summed E-state index contributed by atoms with van der Waals surface area (Å²) in [4.78, 5) is 16.3. The molecule has 1 atom stereocenters. The third-order valence-corrected chi connectivity index (χ3v) is 4.35. The molecule has 3 N–H and O–H groups in total. The van der Waals surface area contributed by atoms with E-state index in [-0.39, 0.29) is 11.8 Å². The smallest absolute Gasteiger partial charge is 0.227 e.